The molecule has 0 radical (unpaired) electrons. The average Bonchev–Trinajstić information content (AvgIpc) is 2.53. The highest BCUT2D eigenvalue weighted by molar-refractivity contribution is 8.26. The molecule has 0 aromatic rings. The zero-order valence-electron chi connectivity index (χ0n) is 9.80. The van der Waals surface area contributed by atoms with Gasteiger partial charge in [0, 0.05) is 0 Å². The van der Waals surface area contributed by atoms with Crippen LogP contribution in [0.5, 0.6) is 0 Å². The minimum Gasteiger partial charge on any atom is -0.480 e. The second-order valence-corrected chi connectivity index (χ2v) is 5.44. The molecule has 0 bridgehead atoms. The Balaban J connectivity index is 2.83. The number of carboxylic acids is 1. The first-order valence-corrected chi connectivity index (χ1v) is 6.69. The van der Waals surface area contributed by atoms with Crippen LogP contribution in [-0.2, 0) is 9.59 Å². The molecule has 94 valence electrons. The van der Waals surface area contributed by atoms with Gasteiger partial charge in [-0.15, -0.1) is 0 Å². The van der Waals surface area contributed by atoms with Crippen LogP contribution >= 0.6 is 24.0 Å². The summed E-state index contributed by atoms with van der Waals surface area (Å²) in [5.74, 6) is -0.992. The molecule has 1 saturated heterocycles. The highest BCUT2D eigenvalue weighted by Gasteiger charge is 2.33. The maximum Gasteiger partial charge on any atom is 0.323 e. The van der Waals surface area contributed by atoms with Crippen LogP contribution in [0, 0.1) is 5.92 Å². The summed E-state index contributed by atoms with van der Waals surface area (Å²) in [4.78, 5) is 24.2. The molecule has 0 spiro atoms. The second-order valence-electron chi connectivity index (χ2n) is 3.76. The lowest BCUT2D eigenvalue weighted by Gasteiger charge is -2.10. The molecule has 4 nitrogen and oxygen atoms in total. The molecule has 0 saturated carbocycles. The molecular formula is C11H15NO3S2. The van der Waals surface area contributed by atoms with Crippen molar-refractivity contribution in [3.8, 4) is 0 Å². The predicted octanol–water partition coefficient (Wildman–Crippen LogP) is 2.25. The molecule has 1 rings (SSSR count). The highest BCUT2D eigenvalue weighted by atomic mass is 32.2. The van der Waals surface area contributed by atoms with Crippen molar-refractivity contribution in [1.29, 1.82) is 0 Å². The number of hydrogen-bond donors (Lipinski definition) is 1. The van der Waals surface area contributed by atoms with Gasteiger partial charge in [-0.3, -0.25) is 14.5 Å². The first-order valence-electron chi connectivity index (χ1n) is 5.46. The highest BCUT2D eigenvalue weighted by Crippen LogP contribution is 2.32. The standard InChI is InChI=1S/C11H15NO3S2/c1-3-7(4-2)5-8-10(15)12(6-9(13)14)11(16)17-8/h5,7H,3-4,6H2,1-2H3,(H,13,14). The van der Waals surface area contributed by atoms with Crippen LogP contribution in [0.15, 0.2) is 11.0 Å². The number of nitrogens with zero attached hydrogens (tertiary/aromatic N) is 1. The lowest BCUT2D eigenvalue weighted by Crippen LogP contribution is -2.33. The van der Waals surface area contributed by atoms with E-state index in [1.807, 2.05) is 6.08 Å². The Morgan fingerprint density at radius 1 is 1.53 bits per heavy atom. The second kappa shape index (κ2) is 6.16. The van der Waals surface area contributed by atoms with Crippen LogP contribution in [-0.4, -0.2) is 32.7 Å². The van der Waals surface area contributed by atoms with Gasteiger partial charge in [0.1, 0.15) is 10.9 Å². The number of amides is 1. The molecule has 0 aromatic carbocycles. The van der Waals surface area contributed by atoms with Crippen molar-refractivity contribution in [2.24, 2.45) is 5.92 Å². The fourth-order valence-corrected chi connectivity index (χ4v) is 2.84. The third-order valence-electron chi connectivity index (χ3n) is 2.60. The number of allylic oxidation sites excluding steroid dienone is 1. The number of carbonyl (C=O) groups is 2. The topological polar surface area (TPSA) is 57.6 Å². The van der Waals surface area contributed by atoms with Crippen molar-refractivity contribution in [3.63, 3.8) is 0 Å². The van der Waals surface area contributed by atoms with Gasteiger partial charge in [-0.25, -0.2) is 0 Å². The van der Waals surface area contributed by atoms with Gasteiger partial charge in [0.25, 0.3) is 5.91 Å². The van der Waals surface area contributed by atoms with Gasteiger partial charge < -0.3 is 5.11 Å². The summed E-state index contributed by atoms with van der Waals surface area (Å²) in [6, 6.07) is 0. The van der Waals surface area contributed by atoms with Crippen molar-refractivity contribution >= 4 is 40.2 Å². The van der Waals surface area contributed by atoms with E-state index in [1.165, 1.54) is 11.8 Å². The summed E-state index contributed by atoms with van der Waals surface area (Å²) < 4.78 is 0.328. The zero-order valence-corrected chi connectivity index (χ0v) is 11.4. The van der Waals surface area contributed by atoms with E-state index in [0.717, 1.165) is 17.7 Å². The molecule has 1 fully saturated rings. The van der Waals surface area contributed by atoms with E-state index in [4.69, 9.17) is 17.3 Å². The zero-order chi connectivity index (χ0) is 13.0. The van der Waals surface area contributed by atoms with Gasteiger partial charge in [0.15, 0.2) is 0 Å². The molecule has 1 aliphatic rings. The Hall–Kier alpha value is -0.880. The van der Waals surface area contributed by atoms with E-state index in [9.17, 15) is 9.59 Å². The predicted molar refractivity (Wildman–Crippen MR) is 71.7 cm³/mol. The third kappa shape index (κ3) is 3.54. The van der Waals surface area contributed by atoms with Crippen LogP contribution in [0.3, 0.4) is 0 Å². The monoisotopic (exact) mass is 273 g/mol. The summed E-state index contributed by atoms with van der Waals surface area (Å²) in [7, 11) is 0. The van der Waals surface area contributed by atoms with Gasteiger partial charge in [-0.05, 0) is 18.8 Å². The molecular weight excluding hydrogens is 258 g/mol. The Kier molecular flexibility index (Phi) is 5.14. The number of carbonyl (C=O) groups excluding carboxylic acids is 1. The molecule has 17 heavy (non-hydrogen) atoms. The van der Waals surface area contributed by atoms with Crippen molar-refractivity contribution in [2.45, 2.75) is 26.7 Å². The molecule has 0 atom stereocenters. The minimum atomic E-state index is -1.05. The maximum atomic E-state index is 11.9. The third-order valence-corrected chi connectivity index (χ3v) is 4.00. The largest absolute Gasteiger partial charge is 0.480 e. The van der Waals surface area contributed by atoms with E-state index in [-0.39, 0.29) is 12.5 Å². The summed E-state index contributed by atoms with van der Waals surface area (Å²) >= 11 is 6.19. The molecule has 1 amide bonds. The number of hydrogen-bond acceptors (Lipinski definition) is 4. The fourth-order valence-electron chi connectivity index (χ4n) is 1.52. The van der Waals surface area contributed by atoms with Gasteiger partial charge in [-0.2, -0.15) is 0 Å². The van der Waals surface area contributed by atoms with Crippen LogP contribution in [0.4, 0.5) is 0 Å². The summed E-state index contributed by atoms with van der Waals surface area (Å²) in [6.07, 6.45) is 3.82. The van der Waals surface area contributed by atoms with Crippen LogP contribution in [0.2, 0.25) is 0 Å². The minimum absolute atomic E-state index is 0.283. The van der Waals surface area contributed by atoms with E-state index in [2.05, 4.69) is 13.8 Å². The quantitative estimate of drug-likeness (QED) is 0.615. The van der Waals surface area contributed by atoms with Crippen LogP contribution in [0.25, 0.3) is 0 Å². The smallest absolute Gasteiger partial charge is 0.323 e. The number of carboxylic acid groups (broad SMARTS) is 1. The fraction of sp³-hybridized carbons (Fsp3) is 0.545. The molecule has 1 aliphatic heterocycles. The first-order chi connectivity index (χ1) is 7.99. The van der Waals surface area contributed by atoms with Crippen LogP contribution in [0.1, 0.15) is 26.7 Å². The lowest BCUT2D eigenvalue weighted by atomic mass is 10.0. The lowest BCUT2D eigenvalue weighted by molar-refractivity contribution is -0.140. The Labute approximate surface area is 110 Å². The summed E-state index contributed by atoms with van der Waals surface area (Å²) in [6.45, 7) is 3.76. The number of thiocarbonyl (C=S) groups is 1. The first kappa shape index (κ1) is 14.2. The molecule has 0 aliphatic carbocycles. The van der Waals surface area contributed by atoms with E-state index in [0.29, 0.717) is 15.1 Å². The SMILES string of the molecule is CCC(C=C1SC(=S)N(CC(=O)O)C1=O)CC. The molecule has 0 aromatic heterocycles. The maximum absolute atomic E-state index is 11.9. The Morgan fingerprint density at radius 2 is 2.12 bits per heavy atom. The van der Waals surface area contributed by atoms with Gasteiger partial charge >= 0.3 is 5.97 Å². The average molecular weight is 273 g/mol. The normalized spacial score (nSPS) is 18.5. The van der Waals surface area contributed by atoms with Gasteiger partial charge in [0.2, 0.25) is 0 Å². The molecule has 0 unspecified atom stereocenters. The van der Waals surface area contributed by atoms with E-state index >= 15 is 0 Å². The van der Waals surface area contributed by atoms with Crippen molar-refractivity contribution in [3.05, 3.63) is 11.0 Å². The molecule has 1 N–H and O–H groups in total. The van der Waals surface area contributed by atoms with E-state index in [1.54, 1.807) is 0 Å². The Morgan fingerprint density at radius 3 is 2.59 bits per heavy atom. The number of rotatable bonds is 5. The van der Waals surface area contributed by atoms with Gasteiger partial charge in [-0.1, -0.05) is 43.9 Å². The number of thioether (sulfide) groups is 1. The summed E-state index contributed by atoms with van der Waals surface area (Å²) in [5, 5.41) is 8.69. The van der Waals surface area contributed by atoms with Crippen molar-refractivity contribution in [1.82, 2.24) is 4.90 Å². The van der Waals surface area contributed by atoms with Gasteiger partial charge in [0.05, 0.1) is 4.91 Å². The van der Waals surface area contributed by atoms with E-state index < -0.39 is 5.97 Å². The Bertz CT molecular complexity index is 375. The van der Waals surface area contributed by atoms with Crippen LogP contribution < -0.4 is 0 Å². The molecule has 6 heteroatoms. The summed E-state index contributed by atoms with van der Waals surface area (Å²) in [5.41, 5.74) is 0. The van der Waals surface area contributed by atoms with Crippen molar-refractivity contribution in [2.75, 3.05) is 6.54 Å². The molecule has 1 heterocycles. The van der Waals surface area contributed by atoms with Crippen molar-refractivity contribution < 1.29 is 14.7 Å². The number of aliphatic carboxylic acids is 1.